The molecule has 0 atom stereocenters. The normalized spacial score (nSPS) is 18.1. The highest BCUT2D eigenvalue weighted by Gasteiger charge is 2.28. The number of anilines is 1. The van der Waals surface area contributed by atoms with Crippen LogP contribution >= 0.6 is 0 Å². The van der Waals surface area contributed by atoms with Crippen molar-refractivity contribution < 1.29 is 14.4 Å². The van der Waals surface area contributed by atoms with E-state index in [1.807, 2.05) is 11.8 Å². The molecule has 2 aliphatic rings. The Morgan fingerprint density at radius 3 is 2.27 bits per heavy atom. The van der Waals surface area contributed by atoms with Gasteiger partial charge in [-0.3, -0.25) is 14.4 Å². The molecular weight excluding hydrogens is 378 g/mol. The van der Waals surface area contributed by atoms with Gasteiger partial charge in [0.2, 0.25) is 11.8 Å². The minimum absolute atomic E-state index is 0.00814. The summed E-state index contributed by atoms with van der Waals surface area (Å²) in [5, 5.41) is 5.99. The maximum Gasteiger partial charge on any atom is 0.253 e. The molecule has 1 aromatic rings. The molecule has 2 N–H and O–H groups in total. The molecule has 0 spiro atoms. The van der Waals surface area contributed by atoms with Crippen LogP contribution in [0.5, 0.6) is 0 Å². The minimum Gasteiger partial charge on any atom is -0.356 e. The van der Waals surface area contributed by atoms with Crippen molar-refractivity contribution in [2.24, 2.45) is 11.8 Å². The number of benzene rings is 1. The Balaban J connectivity index is 1.43. The summed E-state index contributed by atoms with van der Waals surface area (Å²) in [6.07, 6.45) is 9.08. The van der Waals surface area contributed by atoms with E-state index in [1.165, 1.54) is 32.1 Å². The predicted molar refractivity (Wildman–Crippen MR) is 118 cm³/mol. The van der Waals surface area contributed by atoms with Crippen molar-refractivity contribution in [1.82, 2.24) is 10.2 Å². The van der Waals surface area contributed by atoms with Gasteiger partial charge in [0.15, 0.2) is 0 Å². The first-order valence-corrected chi connectivity index (χ1v) is 11.5. The Kier molecular flexibility index (Phi) is 8.29. The summed E-state index contributed by atoms with van der Waals surface area (Å²) in [6.45, 7) is 3.98. The van der Waals surface area contributed by atoms with Gasteiger partial charge in [-0.25, -0.2) is 0 Å². The second-order valence-electron chi connectivity index (χ2n) is 8.69. The van der Waals surface area contributed by atoms with Crippen molar-refractivity contribution >= 4 is 23.4 Å². The van der Waals surface area contributed by atoms with Crippen LogP contribution in [-0.4, -0.2) is 42.3 Å². The highest BCUT2D eigenvalue weighted by molar-refractivity contribution is 5.96. The number of rotatable bonds is 7. The van der Waals surface area contributed by atoms with E-state index in [9.17, 15) is 14.4 Å². The van der Waals surface area contributed by atoms with Crippen molar-refractivity contribution in [3.05, 3.63) is 29.8 Å². The van der Waals surface area contributed by atoms with Crippen LogP contribution in [0.1, 0.15) is 75.1 Å². The van der Waals surface area contributed by atoms with Gasteiger partial charge in [-0.2, -0.15) is 0 Å². The standard InChI is InChI=1S/C24H35N3O3/c1-2-6-22(28)26-21-11-9-20(10-12-21)24(30)27-15-13-19(14-16-27)23(29)25-17-18-7-4-3-5-8-18/h9-12,18-19H,2-8,13-17H2,1H3,(H,25,29)(H,26,28). The Morgan fingerprint density at radius 2 is 1.63 bits per heavy atom. The first-order chi connectivity index (χ1) is 14.6. The van der Waals surface area contributed by atoms with Crippen LogP contribution in [0, 0.1) is 11.8 Å². The van der Waals surface area contributed by atoms with Crippen LogP contribution in [0.3, 0.4) is 0 Å². The van der Waals surface area contributed by atoms with Crippen LogP contribution in [0.4, 0.5) is 5.69 Å². The first-order valence-electron chi connectivity index (χ1n) is 11.5. The molecule has 1 aromatic carbocycles. The highest BCUT2D eigenvalue weighted by atomic mass is 16.2. The number of nitrogens with zero attached hydrogens (tertiary/aromatic N) is 1. The van der Waals surface area contributed by atoms with Crippen molar-refractivity contribution in [3.8, 4) is 0 Å². The molecule has 1 saturated heterocycles. The number of hydrogen-bond acceptors (Lipinski definition) is 3. The average Bonchev–Trinajstić information content (AvgIpc) is 2.78. The molecule has 0 bridgehead atoms. The van der Waals surface area contributed by atoms with E-state index in [0.717, 1.165) is 13.0 Å². The summed E-state index contributed by atoms with van der Waals surface area (Å²) < 4.78 is 0. The molecule has 1 saturated carbocycles. The molecule has 1 aliphatic heterocycles. The van der Waals surface area contributed by atoms with Crippen LogP contribution in [0.25, 0.3) is 0 Å². The Bertz CT molecular complexity index is 718. The van der Waals surface area contributed by atoms with E-state index in [-0.39, 0.29) is 23.6 Å². The second kappa shape index (κ2) is 11.1. The quantitative estimate of drug-likeness (QED) is 0.710. The molecule has 6 heteroatoms. The zero-order valence-electron chi connectivity index (χ0n) is 18.1. The maximum atomic E-state index is 12.8. The topological polar surface area (TPSA) is 78.5 Å². The second-order valence-corrected chi connectivity index (χ2v) is 8.69. The van der Waals surface area contributed by atoms with E-state index in [2.05, 4.69) is 10.6 Å². The highest BCUT2D eigenvalue weighted by Crippen LogP contribution is 2.24. The summed E-state index contributed by atoms with van der Waals surface area (Å²) in [7, 11) is 0. The fraction of sp³-hybridized carbons (Fsp3) is 0.625. The minimum atomic E-state index is -0.0135. The van der Waals surface area contributed by atoms with Gasteiger partial charge in [0, 0.05) is 43.2 Å². The summed E-state index contributed by atoms with van der Waals surface area (Å²) in [5.74, 6) is 0.774. The van der Waals surface area contributed by atoms with Gasteiger partial charge < -0.3 is 15.5 Å². The summed E-state index contributed by atoms with van der Waals surface area (Å²) >= 11 is 0. The third-order valence-corrected chi connectivity index (χ3v) is 6.34. The van der Waals surface area contributed by atoms with E-state index in [4.69, 9.17) is 0 Å². The molecule has 30 heavy (non-hydrogen) atoms. The third kappa shape index (κ3) is 6.31. The monoisotopic (exact) mass is 413 g/mol. The van der Waals surface area contributed by atoms with Gasteiger partial charge in [0.1, 0.15) is 0 Å². The molecule has 2 fully saturated rings. The lowest BCUT2D eigenvalue weighted by Gasteiger charge is -2.32. The average molecular weight is 414 g/mol. The van der Waals surface area contributed by atoms with Crippen molar-refractivity contribution in [1.29, 1.82) is 0 Å². The van der Waals surface area contributed by atoms with Crippen molar-refractivity contribution in [2.75, 3.05) is 25.0 Å². The Morgan fingerprint density at radius 1 is 0.967 bits per heavy atom. The Labute approximate surface area is 179 Å². The summed E-state index contributed by atoms with van der Waals surface area (Å²) in [5.41, 5.74) is 1.32. The van der Waals surface area contributed by atoms with Gasteiger partial charge in [0.25, 0.3) is 5.91 Å². The molecule has 3 rings (SSSR count). The zero-order chi connectivity index (χ0) is 21.3. The molecule has 0 unspecified atom stereocenters. The lowest BCUT2D eigenvalue weighted by Crippen LogP contribution is -2.43. The van der Waals surface area contributed by atoms with Crippen LogP contribution < -0.4 is 10.6 Å². The molecule has 164 valence electrons. The van der Waals surface area contributed by atoms with E-state index >= 15 is 0 Å². The first kappa shape index (κ1) is 22.3. The van der Waals surface area contributed by atoms with Crippen LogP contribution in [0.2, 0.25) is 0 Å². The number of carbonyl (C=O) groups excluding carboxylic acids is 3. The van der Waals surface area contributed by atoms with Gasteiger partial charge >= 0.3 is 0 Å². The number of amides is 3. The number of piperidine rings is 1. The smallest absolute Gasteiger partial charge is 0.253 e. The zero-order valence-corrected chi connectivity index (χ0v) is 18.1. The van der Waals surface area contributed by atoms with Gasteiger partial charge in [0.05, 0.1) is 0 Å². The predicted octanol–water partition coefficient (Wildman–Crippen LogP) is 3.97. The fourth-order valence-corrected chi connectivity index (χ4v) is 4.45. The third-order valence-electron chi connectivity index (χ3n) is 6.34. The van der Waals surface area contributed by atoms with E-state index in [0.29, 0.717) is 49.5 Å². The van der Waals surface area contributed by atoms with Crippen LogP contribution in [0.15, 0.2) is 24.3 Å². The molecule has 0 radical (unpaired) electrons. The van der Waals surface area contributed by atoms with E-state index in [1.54, 1.807) is 24.3 Å². The van der Waals surface area contributed by atoms with Gasteiger partial charge in [-0.15, -0.1) is 0 Å². The van der Waals surface area contributed by atoms with Gasteiger partial charge in [-0.05, 0) is 62.3 Å². The number of likely N-dealkylation sites (tertiary alicyclic amines) is 1. The maximum absolute atomic E-state index is 12.8. The summed E-state index contributed by atoms with van der Waals surface area (Å²) in [4.78, 5) is 38.8. The van der Waals surface area contributed by atoms with E-state index < -0.39 is 0 Å². The number of carbonyl (C=O) groups is 3. The molecule has 6 nitrogen and oxygen atoms in total. The molecule has 1 heterocycles. The number of hydrogen-bond donors (Lipinski definition) is 2. The lowest BCUT2D eigenvalue weighted by molar-refractivity contribution is -0.126. The molecular formula is C24H35N3O3. The SMILES string of the molecule is CCCC(=O)Nc1ccc(C(=O)N2CCC(C(=O)NCC3CCCCC3)CC2)cc1. The van der Waals surface area contributed by atoms with Crippen molar-refractivity contribution in [2.45, 2.75) is 64.7 Å². The lowest BCUT2D eigenvalue weighted by atomic mass is 9.89. The fourth-order valence-electron chi connectivity index (χ4n) is 4.45. The molecule has 1 aliphatic carbocycles. The van der Waals surface area contributed by atoms with Crippen molar-refractivity contribution in [3.63, 3.8) is 0 Å². The summed E-state index contributed by atoms with van der Waals surface area (Å²) in [6, 6.07) is 7.05. The largest absolute Gasteiger partial charge is 0.356 e. The molecule has 3 amide bonds. The van der Waals surface area contributed by atoms with Gasteiger partial charge in [-0.1, -0.05) is 26.2 Å². The van der Waals surface area contributed by atoms with Crippen LogP contribution in [-0.2, 0) is 9.59 Å². The Hall–Kier alpha value is -2.37. The number of nitrogens with one attached hydrogen (secondary N) is 2. The molecule has 0 aromatic heterocycles.